The standard InChI is InChI=1S/C9H17N3/c1-4-7-11-9(6-3)12-8(10)5-2/h4-6,8-9,11-12H,1-3,7,10H2. The molecule has 2 atom stereocenters. The maximum Gasteiger partial charge on any atom is 0.0778 e. The fourth-order valence-electron chi connectivity index (χ4n) is 0.696. The van der Waals surface area contributed by atoms with Gasteiger partial charge in [-0.1, -0.05) is 18.2 Å². The van der Waals surface area contributed by atoms with Gasteiger partial charge in [-0.2, -0.15) is 0 Å². The van der Waals surface area contributed by atoms with E-state index in [0.29, 0.717) is 6.54 Å². The van der Waals surface area contributed by atoms with Crippen LogP contribution in [0.1, 0.15) is 0 Å². The molecule has 0 rings (SSSR count). The topological polar surface area (TPSA) is 50.1 Å². The molecule has 0 bridgehead atoms. The van der Waals surface area contributed by atoms with Crippen molar-refractivity contribution >= 4 is 0 Å². The van der Waals surface area contributed by atoms with Crippen molar-refractivity contribution in [3.63, 3.8) is 0 Å². The van der Waals surface area contributed by atoms with E-state index in [0.717, 1.165) is 0 Å². The van der Waals surface area contributed by atoms with E-state index in [2.05, 4.69) is 30.4 Å². The lowest BCUT2D eigenvalue weighted by Gasteiger charge is -2.18. The Labute approximate surface area is 74.0 Å². The third-order valence-electron chi connectivity index (χ3n) is 1.34. The molecule has 0 radical (unpaired) electrons. The van der Waals surface area contributed by atoms with E-state index >= 15 is 0 Å². The molecule has 3 heteroatoms. The highest BCUT2D eigenvalue weighted by Crippen LogP contribution is 1.82. The zero-order chi connectivity index (χ0) is 9.40. The third kappa shape index (κ3) is 4.85. The van der Waals surface area contributed by atoms with Gasteiger partial charge >= 0.3 is 0 Å². The normalized spacial score (nSPS) is 14.8. The first-order valence-corrected chi connectivity index (χ1v) is 3.85. The molecule has 0 fully saturated rings. The molecule has 0 heterocycles. The minimum absolute atomic E-state index is 0.00370. The highest BCUT2D eigenvalue weighted by Gasteiger charge is 2.02. The molecule has 0 spiro atoms. The second-order valence-electron chi connectivity index (χ2n) is 2.34. The summed E-state index contributed by atoms with van der Waals surface area (Å²) in [6.07, 6.45) is 4.93. The minimum Gasteiger partial charge on any atom is -0.313 e. The molecule has 3 nitrogen and oxygen atoms in total. The van der Waals surface area contributed by atoms with Gasteiger partial charge in [0.2, 0.25) is 0 Å². The highest BCUT2D eigenvalue weighted by molar-refractivity contribution is 4.91. The molecule has 0 aliphatic carbocycles. The van der Waals surface area contributed by atoms with E-state index < -0.39 is 0 Å². The van der Waals surface area contributed by atoms with Crippen LogP contribution in [0.3, 0.4) is 0 Å². The first-order chi connectivity index (χ1) is 5.74. The van der Waals surface area contributed by atoms with Crippen molar-refractivity contribution in [2.24, 2.45) is 5.73 Å². The molecule has 0 amide bonds. The number of nitrogens with one attached hydrogen (secondary N) is 2. The molecule has 0 aromatic rings. The Morgan fingerprint density at radius 1 is 1.25 bits per heavy atom. The molecule has 0 aliphatic heterocycles. The summed E-state index contributed by atoms with van der Waals surface area (Å²) in [6, 6.07) is 0. The average Bonchev–Trinajstić information content (AvgIpc) is 2.11. The van der Waals surface area contributed by atoms with Gasteiger partial charge in [0, 0.05) is 6.54 Å². The van der Waals surface area contributed by atoms with E-state index in [1.807, 2.05) is 0 Å². The van der Waals surface area contributed by atoms with Crippen LogP contribution in [0.15, 0.2) is 38.0 Å². The smallest absolute Gasteiger partial charge is 0.0778 e. The first-order valence-electron chi connectivity index (χ1n) is 3.85. The number of hydrogen-bond acceptors (Lipinski definition) is 3. The van der Waals surface area contributed by atoms with Crippen LogP contribution in [0.5, 0.6) is 0 Å². The lowest BCUT2D eigenvalue weighted by molar-refractivity contribution is 0.480. The predicted molar refractivity (Wildman–Crippen MR) is 53.5 cm³/mol. The van der Waals surface area contributed by atoms with E-state index in [4.69, 9.17) is 5.73 Å². The van der Waals surface area contributed by atoms with Crippen molar-refractivity contribution in [3.05, 3.63) is 38.0 Å². The fraction of sp³-hybridized carbons (Fsp3) is 0.333. The van der Waals surface area contributed by atoms with E-state index in [-0.39, 0.29) is 12.3 Å². The second-order valence-corrected chi connectivity index (χ2v) is 2.34. The molecule has 68 valence electrons. The van der Waals surface area contributed by atoms with Gasteiger partial charge in [0.25, 0.3) is 0 Å². The van der Waals surface area contributed by atoms with Gasteiger partial charge in [-0.3, -0.25) is 10.6 Å². The summed E-state index contributed by atoms with van der Waals surface area (Å²) in [5.74, 6) is 0. The van der Waals surface area contributed by atoms with Crippen molar-refractivity contribution < 1.29 is 0 Å². The lowest BCUT2D eigenvalue weighted by atomic mass is 10.4. The molecule has 12 heavy (non-hydrogen) atoms. The lowest BCUT2D eigenvalue weighted by Crippen LogP contribution is -2.48. The van der Waals surface area contributed by atoms with Crippen molar-refractivity contribution in [2.75, 3.05) is 6.54 Å². The summed E-state index contributed by atoms with van der Waals surface area (Å²) in [6.45, 7) is 11.5. The van der Waals surface area contributed by atoms with Crippen molar-refractivity contribution in [1.82, 2.24) is 10.6 Å². The SMILES string of the molecule is C=CCNC(C=C)NC(N)C=C. The Hall–Kier alpha value is -0.900. The van der Waals surface area contributed by atoms with E-state index in [1.54, 1.807) is 18.2 Å². The third-order valence-corrected chi connectivity index (χ3v) is 1.34. The quantitative estimate of drug-likeness (QED) is 0.378. The minimum atomic E-state index is -0.217. The second kappa shape index (κ2) is 6.79. The number of nitrogens with two attached hydrogens (primary N) is 1. The molecule has 4 N–H and O–H groups in total. The van der Waals surface area contributed by atoms with Gasteiger partial charge in [0.05, 0.1) is 12.3 Å². The first kappa shape index (κ1) is 11.1. The number of hydrogen-bond donors (Lipinski definition) is 3. The Bertz CT molecular complexity index is 154. The Morgan fingerprint density at radius 3 is 2.33 bits per heavy atom. The van der Waals surface area contributed by atoms with Crippen molar-refractivity contribution in [1.29, 1.82) is 0 Å². The van der Waals surface area contributed by atoms with Gasteiger partial charge in [-0.15, -0.1) is 19.7 Å². The average molecular weight is 167 g/mol. The van der Waals surface area contributed by atoms with Crippen LogP contribution in [0.25, 0.3) is 0 Å². The zero-order valence-corrected chi connectivity index (χ0v) is 7.29. The zero-order valence-electron chi connectivity index (χ0n) is 7.29. The summed E-state index contributed by atoms with van der Waals surface area (Å²) in [7, 11) is 0. The molecule has 2 unspecified atom stereocenters. The van der Waals surface area contributed by atoms with Crippen LogP contribution < -0.4 is 16.4 Å². The number of rotatable bonds is 7. The molecular weight excluding hydrogens is 150 g/mol. The molecule has 0 saturated carbocycles. The summed E-state index contributed by atoms with van der Waals surface area (Å²) in [4.78, 5) is 0. The summed E-state index contributed by atoms with van der Waals surface area (Å²) in [5, 5.41) is 6.14. The van der Waals surface area contributed by atoms with Gasteiger partial charge in [-0.25, -0.2) is 0 Å². The predicted octanol–water partition coefficient (Wildman–Crippen LogP) is 0.335. The Morgan fingerprint density at radius 2 is 1.92 bits per heavy atom. The van der Waals surface area contributed by atoms with Gasteiger partial charge in [0.15, 0.2) is 0 Å². The van der Waals surface area contributed by atoms with E-state index in [1.165, 1.54) is 0 Å². The summed E-state index contributed by atoms with van der Waals surface area (Å²) < 4.78 is 0. The Balaban J connectivity index is 3.73. The van der Waals surface area contributed by atoms with Gasteiger partial charge in [0.1, 0.15) is 0 Å². The van der Waals surface area contributed by atoms with Crippen molar-refractivity contribution in [3.8, 4) is 0 Å². The van der Waals surface area contributed by atoms with Crippen LogP contribution in [0.4, 0.5) is 0 Å². The summed E-state index contributed by atoms with van der Waals surface area (Å²) in [5.41, 5.74) is 5.58. The molecule has 0 aliphatic rings. The molecule has 0 aromatic carbocycles. The van der Waals surface area contributed by atoms with Crippen LogP contribution in [0, 0.1) is 0 Å². The fourth-order valence-corrected chi connectivity index (χ4v) is 0.696. The van der Waals surface area contributed by atoms with Crippen LogP contribution >= 0.6 is 0 Å². The van der Waals surface area contributed by atoms with E-state index in [9.17, 15) is 0 Å². The maximum atomic E-state index is 5.58. The van der Waals surface area contributed by atoms with Gasteiger partial charge in [-0.05, 0) is 0 Å². The molecule has 0 aromatic heterocycles. The monoisotopic (exact) mass is 167 g/mol. The van der Waals surface area contributed by atoms with Crippen molar-refractivity contribution in [2.45, 2.75) is 12.3 Å². The molecular formula is C9H17N3. The molecule has 0 saturated heterocycles. The maximum absolute atomic E-state index is 5.58. The summed E-state index contributed by atoms with van der Waals surface area (Å²) >= 11 is 0. The Kier molecular flexibility index (Phi) is 6.28. The van der Waals surface area contributed by atoms with Crippen LogP contribution in [-0.2, 0) is 0 Å². The van der Waals surface area contributed by atoms with Gasteiger partial charge < -0.3 is 5.73 Å². The largest absolute Gasteiger partial charge is 0.313 e. The van der Waals surface area contributed by atoms with Crippen LogP contribution in [0.2, 0.25) is 0 Å². The van der Waals surface area contributed by atoms with Crippen LogP contribution in [-0.4, -0.2) is 18.9 Å². The highest BCUT2D eigenvalue weighted by atomic mass is 15.2.